The van der Waals surface area contributed by atoms with Crippen LogP contribution in [0.3, 0.4) is 0 Å². The number of carbonyl (C=O) groups is 1. The number of nitrogens with one attached hydrogen (secondary N) is 1. The average molecular weight is 962 g/mol. The molecule has 0 spiro atoms. The molecule has 3 aromatic rings. The third kappa shape index (κ3) is 8.94. The molecule has 2 aliphatic heterocycles. The van der Waals surface area contributed by atoms with E-state index >= 15 is 0 Å². The van der Waals surface area contributed by atoms with Gasteiger partial charge in [0.15, 0.2) is 11.5 Å². The Morgan fingerprint density at radius 3 is 2.59 bits per heavy atom. The van der Waals surface area contributed by atoms with Crippen LogP contribution in [0.2, 0.25) is 0 Å². The summed E-state index contributed by atoms with van der Waals surface area (Å²) in [5.41, 5.74) is 5.26. The van der Waals surface area contributed by atoms with Crippen LogP contribution in [0.25, 0.3) is 11.2 Å². The van der Waals surface area contributed by atoms with Crippen molar-refractivity contribution in [2.75, 3.05) is 24.9 Å². The average Bonchev–Trinajstić information content (AvgIpc) is 4.07. The van der Waals surface area contributed by atoms with E-state index in [2.05, 4.69) is 40.7 Å². The number of nitrogens with two attached hydrogens (primary N) is 1. The zero-order valence-electron chi connectivity index (χ0n) is 37.6. The molecule has 0 radical (unpaired) electrons. The maximum Gasteiger partial charge on any atom is 0.392 e. The van der Waals surface area contributed by atoms with E-state index in [1.54, 1.807) is 4.57 Å². The van der Waals surface area contributed by atoms with Crippen molar-refractivity contribution < 1.29 is 53.0 Å². The van der Waals surface area contributed by atoms with Crippen molar-refractivity contribution in [3.05, 3.63) is 45.8 Å². The van der Waals surface area contributed by atoms with E-state index in [4.69, 9.17) is 29.0 Å². The molecule has 66 heavy (non-hydrogen) atoms. The number of aromatic amines is 1. The first-order valence-corrected chi connectivity index (χ1v) is 26.6. The van der Waals surface area contributed by atoms with E-state index < -0.39 is 86.1 Å². The first kappa shape index (κ1) is 47.8. The van der Waals surface area contributed by atoms with Crippen molar-refractivity contribution in [2.45, 2.75) is 147 Å². The van der Waals surface area contributed by atoms with Gasteiger partial charge in [0.2, 0.25) is 0 Å². The van der Waals surface area contributed by atoms with Crippen molar-refractivity contribution in [1.29, 1.82) is 0 Å². The fraction of sp³-hybridized carbons (Fsp3) is 0.773. The van der Waals surface area contributed by atoms with Crippen LogP contribution in [-0.2, 0) is 32.6 Å². The molecule has 6 fully saturated rings. The summed E-state index contributed by atoms with van der Waals surface area (Å²) >= 11 is 0.617. The number of anilines is 1. The van der Waals surface area contributed by atoms with Gasteiger partial charge in [-0.2, -0.15) is 0 Å². The van der Waals surface area contributed by atoms with Gasteiger partial charge in [0, 0.05) is 42.9 Å². The highest BCUT2D eigenvalue weighted by Crippen LogP contribution is 2.68. The number of aliphatic hydroxyl groups excluding tert-OH is 4. The maximum atomic E-state index is 14.7. The quantitative estimate of drug-likeness (QED) is 0.0712. The number of fused-ring (bicyclic) bond motifs is 6. The van der Waals surface area contributed by atoms with E-state index in [1.807, 2.05) is 0 Å². The molecule has 9 rings (SSSR count). The van der Waals surface area contributed by atoms with Crippen molar-refractivity contribution in [2.24, 2.45) is 46.3 Å². The fourth-order valence-corrected chi connectivity index (χ4v) is 16.1. The molecule has 6 aliphatic rings. The molecular weight excluding hydrogens is 898 g/mol. The molecule has 22 heteroatoms. The maximum absolute atomic E-state index is 14.7. The molecule has 2 saturated heterocycles. The van der Waals surface area contributed by atoms with Gasteiger partial charge in [-0.1, -0.05) is 20.8 Å². The zero-order chi connectivity index (χ0) is 46.7. The number of carbonyl (C=O) groups excluding carboxylic acids is 1. The number of H-pyrrole nitrogens is 1. The van der Waals surface area contributed by atoms with E-state index in [-0.39, 0.29) is 53.9 Å². The second-order valence-corrected chi connectivity index (χ2v) is 24.1. The van der Waals surface area contributed by atoms with Crippen LogP contribution in [0.1, 0.15) is 110 Å². The minimum atomic E-state index is -4.32. The lowest BCUT2D eigenvalue weighted by Crippen LogP contribution is -2.58. The third-order valence-corrected chi connectivity index (χ3v) is 20.2. The van der Waals surface area contributed by atoms with E-state index in [0.717, 1.165) is 62.0 Å². The minimum absolute atomic E-state index is 0.0624. The van der Waals surface area contributed by atoms with Gasteiger partial charge in [-0.3, -0.25) is 32.8 Å². The monoisotopic (exact) mass is 961 g/mol. The molecule has 4 aliphatic carbocycles. The predicted octanol–water partition coefficient (Wildman–Crippen LogP) is 4.04. The summed E-state index contributed by atoms with van der Waals surface area (Å²) in [5.74, 6) is 1.54. The van der Waals surface area contributed by atoms with Gasteiger partial charge in [0.1, 0.15) is 48.6 Å². The summed E-state index contributed by atoms with van der Waals surface area (Å²) < 4.78 is 47.1. The number of hydrogen-bond acceptors (Lipinski definition) is 18. The van der Waals surface area contributed by atoms with Crippen molar-refractivity contribution in [1.82, 2.24) is 29.1 Å². The van der Waals surface area contributed by atoms with Crippen LogP contribution in [-0.4, -0.2) is 111 Å². The summed E-state index contributed by atoms with van der Waals surface area (Å²) in [6.07, 6.45) is 5.98. The number of nitrogen functional groups attached to an aromatic ring is 1. The number of hydrogen-bond donors (Lipinski definition) is 6. The Labute approximate surface area is 386 Å². The molecule has 17 atom stereocenters. The Bertz CT molecular complexity index is 2410. The van der Waals surface area contributed by atoms with Crippen LogP contribution in [0.15, 0.2) is 34.5 Å². The number of esters is 1. The summed E-state index contributed by atoms with van der Waals surface area (Å²) in [5, 5.41) is 43.8. The molecule has 0 aromatic carbocycles. The highest BCUT2D eigenvalue weighted by atomic mass is 32.7. The number of ether oxygens (including phenoxy) is 3. The zero-order valence-corrected chi connectivity index (χ0v) is 39.3. The van der Waals surface area contributed by atoms with Gasteiger partial charge in [-0.25, -0.2) is 24.3 Å². The van der Waals surface area contributed by atoms with Crippen LogP contribution < -0.4 is 17.0 Å². The normalized spacial score (nSPS) is 38.9. The molecule has 13 unspecified atom stereocenters. The van der Waals surface area contributed by atoms with Gasteiger partial charge in [-0.05, 0) is 104 Å². The molecule has 4 saturated carbocycles. The lowest BCUT2D eigenvalue weighted by atomic mass is 9.43. The second kappa shape index (κ2) is 18.9. The minimum Gasteiger partial charge on any atom is -0.454 e. The molecule has 7 N–H and O–H groups in total. The summed E-state index contributed by atoms with van der Waals surface area (Å²) in [6, 6.07) is 1.15. The first-order valence-electron chi connectivity index (χ1n) is 23.4. The highest BCUT2D eigenvalue weighted by Gasteiger charge is 2.63. The second-order valence-electron chi connectivity index (χ2n) is 20.1. The Balaban J connectivity index is 0.831. The summed E-state index contributed by atoms with van der Waals surface area (Å²) in [7, 11) is 0. The van der Waals surface area contributed by atoms with Crippen LogP contribution in [0.4, 0.5) is 5.82 Å². The van der Waals surface area contributed by atoms with Gasteiger partial charge in [-0.15, -0.1) is 0 Å². The van der Waals surface area contributed by atoms with Crippen LogP contribution in [0, 0.1) is 46.3 Å². The SMILES string of the molecule is CC(CCC(=O)OCSP(=O)(OC[C@H]1O[C@@H](n2cnc3c(N)ncnc32)CC1O)OC1C[C@H](n2ccc(=O)[nH]c2=O)O[C@@H]1CO)C1CCC2C3CCC4CC(O)CCC4(C)C3CC(O)C12C. The topological polar surface area (TPSA) is 286 Å². The molecule has 5 heterocycles. The number of aromatic nitrogens is 6. The predicted molar refractivity (Wildman–Crippen MR) is 239 cm³/mol. The Morgan fingerprint density at radius 1 is 1.02 bits per heavy atom. The smallest absolute Gasteiger partial charge is 0.392 e. The molecule has 20 nitrogen and oxygen atoms in total. The van der Waals surface area contributed by atoms with E-state index in [1.165, 1.54) is 18.9 Å². The number of aliphatic hydroxyl groups is 4. The number of nitrogens with zero attached hydrogens (tertiary/aromatic N) is 5. The lowest BCUT2D eigenvalue weighted by molar-refractivity contribution is -0.175. The largest absolute Gasteiger partial charge is 0.454 e. The van der Waals surface area contributed by atoms with Gasteiger partial charge in [0.05, 0.1) is 37.9 Å². The Hall–Kier alpha value is -3.24. The Morgan fingerprint density at radius 2 is 1.80 bits per heavy atom. The van der Waals surface area contributed by atoms with Gasteiger partial charge < -0.3 is 40.4 Å². The van der Waals surface area contributed by atoms with Crippen molar-refractivity contribution in [3.8, 4) is 0 Å². The lowest BCUT2D eigenvalue weighted by Gasteiger charge is -2.62. The standard InChI is InChI=1S/C44H64N7O13PS/c1-23(27-7-8-28-26-6-5-24-14-25(53)10-12-43(24,2)29(26)15-34(55)44(27,28)3)4-9-38(57)60-22-66-65(59,64-31-17-37(62-32(31)18-52)50-13-11-35(56)49-42(50)58)61-19-33-30(54)16-36(63-33)51-21-48-39-40(45)46-20-47-41(39)51/h11,13,20-21,23-34,36-37,52-55H,4-10,12,14-19,22H2,1-3H3,(H2,45,46,47)(H,49,56,58)/t23?,24?,25?,26?,27?,28?,29?,30?,31?,32-,33-,34?,36-,37-,43?,44?,65?/m1/s1. The summed E-state index contributed by atoms with van der Waals surface area (Å²) in [4.78, 5) is 52.3. The number of imidazole rings is 1. The van der Waals surface area contributed by atoms with E-state index in [9.17, 15) is 39.4 Å². The summed E-state index contributed by atoms with van der Waals surface area (Å²) in [6.45, 7) is 1.55. The number of rotatable bonds is 15. The molecule has 364 valence electrons. The van der Waals surface area contributed by atoms with Crippen LogP contribution in [0.5, 0.6) is 0 Å². The van der Waals surface area contributed by atoms with Crippen LogP contribution >= 0.6 is 18.2 Å². The first-order chi connectivity index (χ1) is 31.5. The van der Waals surface area contributed by atoms with Crippen molar-refractivity contribution >= 4 is 41.1 Å². The fourth-order valence-electron chi connectivity index (χ4n) is 13.3. The van der Waals surface area contributed by atoms with Gasteiger partial charge >= 0.3 is 18.5 Å². The van der Waals surface area contributed by atoms with E-state index in [0.29, 0.717) is 52.6 Å². The molecule has 0 bridgehead atoms. The highest BCUT2D eigenvalue weighted by molar-refractivity contribution is 8.55. The third-order valence-electron chi connectivity index (χ3n) is 16.8. The van der Waals surface area contributed by atoms with Crippen molar-refractivity contribution in [3.63, 3.8) is 0 Å². The molecular formula is C44H64N7O13PS. The Kier molecular flexibility index (Phi) is 13.7. The molecule has 0 amide bonds. The van der Waals surface area contributed by atoms with Gasteiger partial charge in [0.25, 0.3) is 5.56 Å². The molecule has 3 aromatic heterocycles.